The summed E-state index contributed by atoms with van der Waals surface area (Å²) < 4.78 is 26.3. The zero-order valence-corrected chi connectivity index (χ0v) is 24.3. The van der Waals surface area contributed by atoms with Crippen molar-refractivity contribution in [1.82, 2.24) is 10.2 Å². The molecule has 2 aromatic rings. The highest BCUT2D eigenvalue weighted by Crippen LogP contribution is 2.27. The lowest BCUT2D eigenvalue weighted by molar-refractivity contribution is -0.141. The molecule has 1 unspecified atom stereocenters. The van der Waals surface area contributed by atoms with E-state index in [1.807, 2.05) is 32.9 Å². The average molecular weight is 571 g/mol. The Hall–Kier alpha value is -2.29. The largest absolute Gasteiger partial charge is 0.354 e. The minimum Gasteiger partial charge on any atom is -0.354 e. The molecule has 10 heteroatoms. The van der Waals surface area contributed by atoms with E-state index in [0.29, 0.717) is 34.3 Å². The SMILES string of the molecule is CCCNC(=O)C(CC)N(Cc1c(Cl)cccc1Cl)C(=O)CCCN(c1ccc(CC)cc1)S(C)(=O)=O. The van der Waals surface area contributed by atoms with Crippen molar-refractivity contribution >= 4 is 50.7 Å². The molecule has 0 radical (unpaired) electrons. The van der Waals surface area contributed by atoms with Gasteiger partial charge in [-0.1, -0.05) is 62.2 Å². The van der Waals surface area contributed by atoms with Gasteiger partial charge in [-0.3, -0.25) is 13.9 Å². The van der Waals surface area contributed by atoms with E-state index in [1.54, 1.807) is 30.3 Å². The summed E-state index contributed by atoms with van der Waals surface area (Å²) in [7, 11) is -3.55. The first-order chi connectivity index (χ1) is 17.5. The van der Waals surface area contributed by atoms with Crippen molar-refractivity contribution in [2.24, 2.45) is 0 Å². The second-order valence-corrected chi connectivity index (χ2v) is 11.6. The Bertz CT molecular complexity index is 1140. The van der Waals surface area contributed by atoms with Crippen LogP contribution >= 0.6 is 23.2 Å². The van der Waals surface area contributed by atoms with Crippen LogP contribution in [0, 0.1) is 0 Å². The number of carbonyl (C=O) groups excluding carboxylic acids is 2. The quantitative estimate of drug-likeness (QED) is 0.328. The standard InChI is InChI=1S/C27H37Cl2N3O4S/c1-5-17-30-27(34)25(7-3)31(19-22-23(28)10-8-11-24(22)29)26(33)12-9-18-32(37(4,35)36)21-15-13-20(6-2)14-16-21/h8,10-11,13-16,25H,5-7,9,12,17-19H2,1-4H3,(H,30,34). The maximum absolute atomic E-state index is 13.5. The summed E-state index contributed by atoms with van der Waals surface area (Å²) in [4.78, 5) is 27.9. The van der Waals surface area contributed by atoms with E-state index in [0.717, 1.165) is 24.7 Å². The molecule has 37 heavy (non-hydrogen) atoms. The monoisotopic (exact) mass is 569 g/mol. The molecule has 204 valence electrons. The lowest BCUT2D eigenvalue weighted by atomic mass is 10.1. The average Bonchev–Trinajstić information content (AvgIpc) is 2.86. The van der Waals surface area contributed by atoms with Gasteiger partial charge in [-0.25, -0.2) is 8.42 Å². The molecular weight excluding hydrogens is 533 g/mol. The van der Waals surface area contributed by atoms with Crippen LogP contribution < -0.4 is 9.62 Å². The lowest BCUT2D eigenvalue weighted by Gasteiger charge is -2.31. The van der Waals surface area contributed by atoms with Gasteiger partial charge in [-0.05, 0) is 55.5 Å². The zero-order chi connectivity index (χ0) is 27.6. The van der Waals surface area contributed by atoms with Crippen LogP contribution in [0.25, 0.3) is 0 Å². The molecule has 0 aliphatic carbocycles. The minimum absolute atomic E-state index is 0.0543. The van der Waals surface area contributed by atoms with E-state index >= 15 is 0 Å². The maximum Gasteiger partial charge on any atom is 0.242 e. The number of sulfonamides is 1. The van der Waals surface area contributed by atoms with Crippen molar-refractivity contribution in [1.29, 1.82) is 0 Å². The number of aryl methyl sites for hydroxylation is 1. The minimum atomic E-state index is -3.55. The highest BCUT2D eigenvalue weighted by atomic mass is 35.5. The number of carbonyl (C=O) groups is 2. The predicted molar refractivity (Wildman–Crippen MR) is 152 cm³/mol. The van der Waals surface area contributed by atoms with Crippen LogP contribution in [0.3, 0.4) is 0 Å². The molecule has 2 aromatic carbocycles. The number of nitrogens with one attached hydrogen (secondary N) is 1. The number of nitrogens with zero attached hydrogens (tertiary/aromatic N) is 2. The first kappa shape index (κ1) is 30.9. The number of rotatable bonds is 14. The fraction of sp³-hybridized carbons (Fsp3) is 0.481. The molecule has 1 atom stereocenters. The summed E-state index contributed by atoms with van der Waals surface area (Å²) >= 11 is 12.8. The van der Waals surface area contributed by atoms with E-state index < -0.39 is 16.1 Å². The Labute approximate surface area is 231 Å². The summed E-state index contributed by atoms with van der Waals surface area (Å²) in [5, 5.41) is 3.69. The van der Waals surface area contributed by atoms with Gasteiger partial charge in [0.1, 0.15) is 6.04 Å². The Balaban J connectivity index is 2.25. The zero-order valence-electron chi connectivity index (χ0n) is 22.0. The highest BCUT2D eigenvalue weighted by Gasteiger charge is 2.29. The fourth-order valence-corrected chi connectivity index (χ4v) is 5.52. The van der Waals surface area contributed by atoms with Crippen molar-refractivity contribution < 1.29 is 18.0 Å². The fourth-order valence-electron chi connectivity index (χ4n) is 4.04. The molecule has 0 saturated heterocycles. The van der Waals surface area contributed by atoms with Gasteiger partial charge in [0.2, 0.25) is 21.8 Å². The van der Waals surface area contributed by atoms with Crippen LogP contribution in [0.15, 0.2) is 42.5 Å². The van der Waals surface area contributed by atoms with E-state index in [-0.39, 0.29) is 37.7 Å². The Kier molecular flexibility index (Phi) is 12.2. The van der Waals surface area contributed by atoms with Crippen LogP contribution in [0.2, 0.25) is 10.0 Å². The van der Waals surface area contributed by atoms with Crippen molar-refractivity contribution in [2.75, 3.05) is 23.7 Å². The van der Waals surface area contributed by atoms with Gasteiger partial charge in [0.15, 0.2) is 0 Å². The van der Waals surface area contributed by atoms with E-state index in [4.69, 9.17) is 23.2 Å². The van der Waals surface area contributed by atoms with Gasteiger partial charge in [-0.15, -0.1) is 0 Å². The van der Waals surface area contributed by atoms with E-state index in [1.165, 1.54) is 9.21 Å². The molecular formula is C27H37Cl2N3O4S. The van der Waals surface area contributed by atoms with Crippen molar-refractivity contribution in [2.45, 2.75) is 65.5 Å². The molecule has 2 amide bonds. The van der Waals surface area contributed by atoms with E-state index in [2.05, 4.69) is 5.32 Å². The molecule has 0 aromatic heterocycles. The third-order valence-corrected chi connectivity index (χ3v) is 8.01. The highest BCUT2D eigenvalue weighted by molar-refractivity contribution is 7.92. The molecule has 1 N–H and O–H groups in total. The van der Waals surface area contributed by atoms with E-state index in [9.17, 15) is 18.0 Å². The third kappa shape index (κ3) is 8.90. The topological polar surface area (TPSA) is 86.8 Å². The molecule has 0 saturated carbocycles. The third-order valence-electron chi connectivity index (χ3n) is 6.11. The van der Waals surface area contributed by atoms with Crippen LogP contribution in [-0.4, -0.2) is 50.5 Å². The van der Waals surface area contributed by atoms with Gasteiger partial charge >= 0.3 is 0 Å². The van der Waals surface area contributed by atoms with Crippen molar-refractivity contribution in [3.05, 3.63) is 63.6 Å². The summed E-state index contributed by atoms with van der Waals surface area (Å²) in [6.07, 6.45) is 3.51. The van der Waals surface area contributed by atoms with Crippen LogP contribution in [-0.2, 0) is 32.6 Å². The molecule has 7 nitrogen and oxygen atoms in total. The number of anilines is 1. The molecule has 2 rings (SSSR count). The smallest absolute Gasteiger partial charge is 0.242 e. The Morgan fingerprint density at radius 2 is 1.62 bits per heavy atom. The number of benzene rings is 2. The van der Waals surface area contributed by atoms with Gasteiger partial charge in [0, 0.05) is 41.7 Å². The number of halogens is 2. The first-order valence-electron chi connectivity index (χ1n) is 12.6. The van der Waals surface area contributed by atoms with Crippen LogP contribution in [0.1, 0.15) is 57.6 Å². The van der Waals surface area contributed by atoms with Gasteiger partial charge in [0.05, 0.1) is 11.9 Å². The normalized spacial score (nSPS) is 12.2. The molecule has 0 aliphatic heterocycles. The second kappa shape index (κ2) is 14.6. The summed E-state index contributed by atoms with van der Waals surface area (Å²) in [5.41, 5.74) is 2.22. The predicted octanol–water partition coefficient (Wildman–Crippen LogP) is 5.44. The summed E-state index contributed by atoms with van der Waals surface area (Å²) in [6.45, 7) is 6.54. The molecule has 0 bridgehead atoms. The lowest BCUT2D eigenvalue weighted by Crippen LogP contribution is -2.49. The molecule has 0 spiro atoms. The number of hydrogen-bond donors (Lipinski definition) is 1. The first-order valence-corrected chi connectivity index (χ1v) is 15.2. The number of amides is 2. The van der Waals surface area contributed by atoms with Crippen molar-refractivity contribution in [3.63, 3.8) is 0 Å². The van der Waals surface area contributed by atoms with Crippen LogP contribution in [0.5, 0.6) is 0 Å². The number of hydrogen-bond acceptors (Lipinski definition) is 4. The summed E-state index contributed by atoms with van der Waals surface area (Å²) in [6, 6.07) is 11.7. The van der Waals surface area contributed by atoms with Gasteiger partial charge in [-0.2, -0.15) is 0 Å². The van der Waals surface area contributed by atoms with Crippen LogP contribution in [0.4, 0.5) is 5.69 Å². The van der Waals surface area contributed by atoms with Gasteiger partial charge < -0.3 is 10.2 Å². The van der Waals surface area contributed by atoms with Gasteiger partial charge in [0.25, 0.3) is 0 Å². The Morgan fingerprint density at radius 3 is 2.14 bits per heavy atom. The second-order valence-electron chi connectivity index (χ2n) is 8.90. The Morgan fingerprint density at radius 1 is 1.00 bits per heavy atom. The van der Waals surface area contributed by atoms with Crippen molar-refractivity contribution in [3.8, 4) is 0 Å². The molecule has 0 fully saturated rings. The molecule has 0 aliphatic rings. The molecule has 0 heterocycles. The maximum atomic E-state index is 13.5. The summed E-state index contributed by atoms with van der Waals surface area (Å²) in [5.74, 6) is -0.515.